The Labute approximate surface area is 268 Å². The average molecular weight is 626 g/mol. The van der Waals surface area contributed by atoms with Gasteiger partial charge in [-0.25, -0.2) is 13.6 Å². The van der Waals surface area contributed by atoms with Gasteiger partial charge in [0.1, 0.15) is 17.2 Å². The molecule has 2 amide bonds. The zero-order valence-electron chi connectivity index (χ0n) is 28.5. The number of halogens is 2. The molecule has 1 heterocycles. The quantitative estimate of drug-likeness (QED) is 0.224. The van der Waals surface area contributed by atoms with E-state index >= 15 is 0 Å². The summed E-state index contributed by atoms with van der Waals surface area (Å²) in [6.07, 6.45) is 5.87. The third-order valence-corrected chi connectivity index (χ3v) is 7.92. The largest absolute Gasteiger partial charge is 0.444 e. The summed E-state index contributed by atoms with van der Waals surface area (Å²) < 4.78 is 33.4. The van der Waals surface area contributed by atoms with Gasteiger partial charge in [0.05, 0.1) is 11.5 Å². The zero-order valence-corrected chi connectivity index (χ0v) is 28.5. The van der Waals surface area contributed by atoms with E-state index < -0.39 is 23.2 Å². The van der Waals surface area contributed by atoms with Crippen LogP contribution in [-0.4, -0.2) is 40.8 Å². The fraction of sp³-hybridized carbons (Fsp3) is 0.568. The first-order chi connectivity index (χ1) is 20.7. The molecule has 0 spiro atoms. The molecule has 0 saturated carbocycles. The lowest BCUT2D eigenvalue weighted by Crippen LogP contribution is -2.63. The molecule has 1 aliphatic rings. The second-order valence-corrected chi connectivity index (χ2v) is 15.5. The van der Waals surface area contributed by atoms with E-state index in [1.165, 1.54) is 24.3 Å². The molecule has 2 aromatic rings. The maximum absolute atomic E-state index is 14.7. The molecular formula is C37H53F2N3O3. The Balaban J connectivity index is 2.10. The van der Waals surface area contributed by atoms with Crippen LogP contribution in [-0.2, 0) is 22.4 Å². The number of amides is 2. The summed E-state index contributed by atoms with van der Waals surface area (Å²) in [7, 11) is 0. The lowest BCUT2D eigenvalue weighted by atomic mass is 9.73. The summed E-state index contributed by atoms with van der Waals surface area (Å²) in [5, 5.41) is 10.0. The van der Waals surface area contributed by atoms with E-state index in [2.05, 4.69) is 57.5 Å². The lowest BCUT2D eigenvalue weighted by molar-refractivity contribution is -0.130. The molecule has 0 aromatic heterocycles. The smallest absolute Gasteiger partial charge is 0.408 e. The second-order valence-electron chi connectivity index (χ2n) is 15.5. The van der Waals surface area contributed by atoms with Crippen molar-refractivity contribution in [2.24, 2.45) is 11.3 Å². The summed E-state index contributed by atoms with van der Waals surface area (Å²) in [4.78, 5) is 27.5. The molecule has 1 aliphatic heterocycles. The Morgan fingerprint density at radius 2 is 1.38 bits per heavy atom. The van der Waals surface area contributed by atoms with Gasteiger partial charge in [-0.1, -0.05) is 50.3 Å². The maximum atomic E-state index is 14.7. The normalized spacial score (nSPS) is 17.7. The Morgan fingerprint density at radius 1 is 0.911 bits per heavy atom. The molecule has 8 heteroatoms. The van der Waals surface area contributed by atoms with Crippen molar-refractivity contribution < 1.29 is 23.1 Å². The van der Waals surface area contributed by atoms with Crippen LogP contribution >= 0.6 is 0 Å². The first-order valence-corrected chi connectivity index (χ1v) is 16.0. The van der Waals surface area contributed by atoms with Gasteiger partial charge in [-0.15, -0.1) is 0 Å². The number of hydrogen-bond acceptors (Lipinski definition) is 4. The Morgan fingerprint density at radius 3 is 1.80 bits per heavy atom. The van der Waals surface area contributed by atoms with Crippen molar-refractivity contribution in [3.63, 3.8) is 0 Å². The first-order valence-electron chi connectivity index (χ1n) is 16.0. The molecule has 1 saturated heterocycles. The number of rotatable bonds is 11. The summed E-state index contributed by atoms with van der Waals surface area (Å²) in [6, 6.07) is 11.8. The van der Waals surface area contributed by atoms with Crippen LogP contribution in [0, 0.1) is 23.0 Å². The minimum Gasteiger partial charge on any atom is -0.444 e. The third-order valence-electron chi connectivity index (χ3n) is 7.92. The summed E-state index contributed by atoms with van der Waals surface area (Å²) in [5.41, 5.74) is -0.617. The van der Waals surface area contributed by atoms with Crippen molar-refractivity contribution in [1.29, 1.82) is 0 Å². The number of benzene rings is 2. The fourth-order valence-corrected chi connectivity index (χ4v) is 6.56. The van der Waals surface area contributed by atoms with Crippen LogP contribution in [0.25, 0.3) is 0 Å². The van der Waals surface area contributed by atoms with Crippen molar-refractivity contribution in [1.82, 2.24) is 16.0 Å². The highest BCUT2D eigenvalue weighted by Crippen LogP contribution is 2.34. The minimum atomic E-state index is -1.14. The van der Waals surface area contributed by atoms with Crippen LogP contribution in [0.3, 0.4) is 0 Å². The molecule has 3 rings (SSSR count). The van der Waals surface area contributed by atoms with E-state index in [4.69, 9.17) is 4.74 Å². The molecule has 0 bridgehead atoms. The predicted octanol–water partition coefficient (Wildman–Crippen LogP) is 7.66. The predicted molar refractivity (Wildman–Crippen MR) is 177 cm³/mol. The fourth-order valence-electron chi connectivity index (χ4n) is 6.56. The number of nitrogens with one attached hydrogen (secondary N) is 3. The van der Waals surface area contributed by atoms with Gasteiger partial charge in [0.25, 0.3) is 0 Å². The van der Waals surface area contributed by atoms with Crippen LogP contribution in [0.1, 0.15) is 92.7 Å². The van der Waals surface area contributed by atoms with Gasteiger partial charge in [0, 0.05) is 17.1 Å². The number of alkyl carbamates (subject to hydrolysis) is 1. The number of ether oxygens (including phenoxy) is 1. The molecule has 6 nitrogen and oxygen atoms in total. The Bertz CT molecular complexity index is 1250. The zero-order chi connectivity index (χ0) is 33.6. The molecule has 1 fully saturated rings. The number of carbonyl (C=O) groups is 2. The third kappa shape index (κ3) is 11.9. The molecule has 248 valence electrons. The average Bonchev–Trinajstić information content (AvgIpc) is 2.86. The molecule has 0 radical (unpaired) electrons. The van der Waals surface area contributed by atoms with Crippen molar-refractivity contribution in [3.05, 3.63) is 83.4 Å². The molecule has 3 N–H and O–H groups in total. The van der Waals surface area contributed by atoms with Crippen molar-refractivity contribution >= 4 is 12.0 Å². The molecule has 1 atom stereocenters. The van der Waals surface area contributed by atoms with E-state index in [0.29, 0.717) is 6.42 Å². The van der Waals surface area contributed by atoms with Crippen LogP contribution in [0.2, 0.25) is 0 Å². The van der Waals surface area contributed by atoms with E-state index in [0.717, 1.165) is 24.0 Å². The highest BCUT2D eigenvalue weighted by Gasteiger charge is 2.42. The van der Waals surface area contributed by atoms with Gasteiger partial charge in [0.2, 0.25) is 5.91 Å². The van der Waals surface area contributed by atoms with Crippen molar-refractivity contribution in [2.45, 2.75) is 123 Å². The monoisotopic (exact) mass is 625 g/mol. The van der Waals surface area contributed by atoms with Crippen molar-refractivity contribution in [2.75, 3.05) is 0 Å². The van der Waals surface area contributed by atoms with Crippen LogP contribution < -0.4 is 16.0 Å². The molecule has 0 unspecified atom stereocenters. The van der Waals surface area contributed by atoms with Crippen LogP contribution in [0.5, 0.6) is 0 Å². The van der Waals surface area contributed by atoms with Gasteiger partial charge < -0.3 is 20.7 Å². The van der Waals surface area contributed by atoms with Gasteiger partial charge in [0.15, 0.2) is 0 Å². The van der Waals surface area contributed by atoms with E-state index in [1.807, 2.05) is 32.9 Å². The standard InChI is InChI=1S/C37H53F2N3O3/c1-25(2)20-30(41-33(44)45-34(3,4)5)18-19-37(21-26-10-14-28(38)15-11-26,22-27-12-16-29(39)17-13-27)32(43)40-31-23-35(6,7)42-36(8,9)24-31/h10-19,25,30-31,42H,20-24H2,1-9H3,(H,40,43)(H,41,44)/b19-18+/t30-/m0/s1. The highest BCUT2D eigenvalue weighted by atomic mass is 19.1. The van der Waals surface area contributed by atoms with E-state index in [-0.39, 0.29) is 53.4 Å². The highest BCUT2D eigenvalue weighted by molar-refractivity contribution is 5.86. The van der Waals surface area contributed by atoms with Crippen LogP contribution in [0.15, 0.2) is 60.7 Å². The van der Waals surface area contributed by atoms with Gasteiger partial charge in [-0.3, -0.25) is 4.79 Å². The Kier molecular flexibility index (Phi) is 11.6. The number of piperidine rings is 1. The minimum absolute atomic E-state index is 0.0932. The van der Waals surface area contributed by atoms with E-state index in [1.54, 1.807) is 24.3 Å². The SMILES string of the molecule is CC(C)C[C@H](/C=C/C(Cc1ccc(F)cc1)(Cc1ccc(F)cc1)C(=O)NC1CC(C)(C)NC(C)(C)C1)NC(=O)OC(C)(C)C. The van der Waals surface area contributed by atoms with Gasteiger partial charge >= 0.3 is 6.09 Å². The van der Waals surface area contributed by atoms with Gasteiger partial charge in [-0.2, -0.15) is 0 Å². The second kappa shape index (κ2) is 14.4. The molecular weight excluding hydrogens is 572 g/mol. The Hall–Kier alpha value is -3.26. The molecule has 0 aliphatic carbocycles. The maximum Gasteiger partial charge on any atom is 0.408 e. The van der Waals surface area contributed by atoms with Crippen molar-refractivity contribution in [3.8, 4) is 0 Å². The van der Waals surface area contributed by atoms with E-state index in [9.17, 15) is 18.4 Å². The topological polar surface area (TPSA) is 79.5 Å². The van der Waals surface area contributed by atoms with Gasteiger partial charge in [-0.05, 0) is 122 Å². The number of hydrogen-bond donors (Lipinski definition) is 3. The first kappa shape index (κ1) is 36.2. The summed E-state index contributed by atoms with van der Waals surface area (Å²) in [6.45, 7) is 18.1. The summed E-state index contributed by atoms with van der Waals surface area (Å²) >= 11 is 0. The molecule has 45 heavy (non-hydrogen) atoms. The summed E-state index contributed by atoms with van der Waals surface area (Å²) in [5.74, 6) is -0.654. The lowest BCUT2D eigenvalue weighted by Gasteiger charge is -2.47. The molecule has 2 aromatic carbocycles. The number of carbonyl (C=O) groups excluding carboxylic acids is 2. The van der Waals surface area contributed by atoms with Crippen LogP contribution in [0.4, 0.5) is 13.6 Å².